The van der Waals surface area contributed by atoms with Crippen molar-refractivity contribution in [3.63, 3.8) is 0 Å². The number of benzene rings is 1. The van der Waals surface area contributed by atoms with Crippen molar-refractivity contribution in [3.8, 4) is 11.7 Å². The zero-order valence-corrected chi connectivity index (χ0v) is 22.0. The average molecular weight is 526 g/mol. The fourth-order valence-electron chi connectivity index (χ4n) is 4.95. The van der Waals surface area contributed by atoms with E-state index in [1.54, 1.807) is 21.6 Å². The summed E-state index contributed by atoms with van der Waals surface area (Å²) in [5.41, 5.74) is 2.10. The van der Waals surface area contributed by atoms with E-state index in [1.165, 1.54) is 0 Å². The molecule has 200 valence electrons. The van der Waals surface area contributed by atoms with Gasteiger partial charge in [0.25, 0.3) is 5.56 Å². The summed E-state index contributed by atoms with van der Waals surface area (Å²) < 4.78 is 11.4. The maximum absolute atomic E-state index is 13.3. The second-order valence-electron chi connectivity index (χ2n) is 9.90. The Bertz CT molecular complexity index is 1710. The van der Waals surface area contributed by atoms with Crippen molar-refractivity contribution >= 4 is 33.6 Å². The fourth-order valence-corrected chi connectivity index (χ4v) is 4.95. The zero-order valence-electron chi connectivity index (χ0n) is 22.0. The Morgan fingerprint density at radius 3 is 2.82 bits per heavy atom. The summed E-state index contributed by atoms with van der Waals surface area (Å²) in [7, 11) is 0. The molecule has 11 nitrogen and oxygen atoms in total. The molecule has 11 heteroatoms. The Hall–Kier alpha value is -4.51. The fraction of sp³-hybridized carbons (Fsp3) is 0.321. The highest BCUT2D eigenvalue weighted by Crippen LogP contribution is 2.24. The molecular weight excluding hydrogens is 494 g/mol. The summed E-state index contributed by atoms with van der Waals surface area (Å²) in [6.45, 7) is 10.2. The van der Waals surface area contributed by atoms with Gasteiger partial charge in [-0.2, -0.15) is 15.1 Å². The highest BCUT2D eigenvalue weighted by Gasteiger charge is 2.20. The van der Waals surface area contributed by atoms with Crippen molar-refractivity contribution in [2.45, 2.75) is 45.4 Å². The van der Waals surface area contributed by atoms with Crippen LogP contribution in [-0.2, 0) is 6.54 Å². The van der Waals surface area contributed by atoms with Gasteiger partial charge >= 0.3 is 0 Å². The molecule has 0 spiro atoms. The van der Waals surface area contributed by atoms with Crippen LogP contribution in [0.2, 0.25) is 0 Å². The Morgan fingerprint density at radius 2 is 2.03 bits per heavy atom. The third kappa shape index (κ3) is 4.76. The molecule has 0 saturated carbocycles. The predicted molar refractivity (Wildman–Crippen MR) is 151 cm³/mol. The van der Waals surface area contributed by atoms with E-state index < -0.39 is 0 Å². The van der Waals surface area contributed by atoms with Crippen LogP contribution in [0.3, 0.4) is 0 Å². The minimum Gasteiger partial charge on any atom is -0.474 e. The van der Waals surface area contributed by atoms with Crippen LogP contribution in [0.1, 0.15) is 32.7 Å². The van der Waals surface area contributed by atoms with Crippen LogP contribution in [0.15, 0.2) is 66.2 Å². The van der Waals surface area contributed by atoms with Gasteiger partial charge in [-0.15, -0.1) is 6.58 Å². The predicted octanol–water partition coefficient (Wildman–Crippen LogP) is 3.97. The van der Waals surface area contributed by atoms with Crippen LogP contribution in [0.25, 0.3) is 27.8 Å². The minimum absolute atomic E-state index is 0.105. The molecule has 1 aromatic carbocycles. The summed E-state index contributed by atoms with van der Waals surface area (Å²) in [5.74, 6) is 1.41. The third-order valence-corrected chi connectivity index (χ3v) is 6.82. The van der Waals surface area contributed by atoms with E-state index in [4.69, 9.17) is 14.7 Å². The quantitative estimate of drug-likeness (QED) is 0.292. The van der Waals surface area contributed by atoms with Gasteiger partial charge in [0.2, 0.25) is 11.8 Å². The summed E-state index contributed by atoms with van der Waals surface area (Å²) in [6, 6.07) is 11.8. The topological polar surface area (TPSA) is 117 Å². The molecule has 6 rings (SSSR count). The standard InChI is InChI=1S/C28H31N9O2/c1-4-14-35-27(38)22-17-30-28(32-20-8-9-23-19(15-20)16-31-36(23)18(2)3)34-26(22)37(35)24-6-5-7-25(33-24)39-21-10-12-29-13-11-21/h4-9,15-18,21,29H,1,10-14H2,2-3H3,(H,30,32,34). The number of anilines is 2. The van der Waals surface area contributed by atoms with Crippen LogP contribution >= 0.6 is 0 Å². The first-order valence-corrected chi connectivity index (χ1v) is 13.2. The van der Waals surface area contributed by atoms with Crippen molar-refractivity contribution in [1.29, 1.82) is 0 Å². The highest BCUT2D eigenvalue weighted by molar-refractivity contribution is 5.84. The molecule has 5 heterocycles. The Morgan fingerprint density at radius 1 is 1.18 bits per heavy atom. The molecule has 0 unspecified atom stereocenters. The number of piperidine rings is 1. The van der Waals surface area contributed by atoms with E-state index in [0.717, 1.165) is 42.5 Å². The van der Waals surface area contributed by atoms with Gasteiger partial charge in [-0.1, -0.05) is 12.1 Å². The molecule has 5 aromatic rings. The van der Waals surface area contributed by atoms with Crippen molar-refractivity contribution in [2.24, 2.45) is 0 Å². The molecule has 1 aliphatic rings. The van der Waals surface area contributed by atoms with Crippen molar-refractivity contribution in [3.05, 3.63) is 71.8 Å². The lowest BCUT2D eigenvalue weighted by Crippen LogP contribution is -2.34. The Labute approximate surface area is 225 Å². The van der Waals surface area contributed by atoms with Gasteiger partial charge in [-0.3, -0.25) is 9.48 Å². The molecule has 0 radical (unpaired) electrons. The molecule has 0 atom stereocenters. The lowest BCUT2D eigenvalue weighted by molar-refractivity contribution is 0.156. The van der Waals surface area contributed by atoms with E-state index in [9.17, 15) is 4.79 Å². The van der Waals surface area contributed by atoms with Crippen LogP contribution in [0.5, 0.6) is 5.88 Å². The number of pyridine rings is 1. The summed E-state index contributed by atoms with van der Waals surface area (Å²) >= 11 is 0. The molecule has 0 aliphatic carbocycles. The van der Waals surface area contributed by atoms with E-state index >= 15 is 0 Å². The molecular formula is C28H31N9O2. The monoisotopic (exact) mass is 525 g/mol. The van der Waals surface area contributed by atoms with Gasteiger partial charge in [0, 0.05) is 29.4 Å². The number of aromatic nitrogens is 7. The normalized spacial score (nSPS) is 14.3. The molecule has 0 amide bonds. The molecule has 1 saturated heterocycles. The SMILES string of the molecule is C=CCn1c(=O)c2cnc(Nc3ccc4c(cnn4C(C)C)c3)nc2n1-c1cccc(OC2CCNCC2)n1. The number of allylic oxidation sites excluding steroid dienone is 1. The number of nitrogens with one attached hydrogen (secondary N) is 2. The third-order valence-electron chi connectivity index (χ3n) is 6.82. The summed E-state index contributed by atoms with van der Waals surface area (Å²) in [6.07, 6.45) is 7.02. The lowest BCUT2D eigenvalue weighted by atomic mass is 10.1. The first-order valence-electron chi connectivity index (χ1n) is 13.2. The Balaban J connectivity index is 1.38. The van der Waals surface area contributed by atoms with Gasteiger partial charge in [-0.25, -0.2) is 14.3 Å². The second-order valence-corrected chi connectivity index (χ2v) is 9.90. The first-order chi connectivity index (χ1) is 19.0. The second kappa shape index (κ2) is 10.3. The van der Waals surface area contributed by atoms with Crippen LogP contribution < -0.4 is 20.9 Å². The van der Waals surface area contributed by atoms with E-state index in [2.05, 4.69) is 41.1 Å². The van der Waals surface area contributed by atoms with Crippen LogP contribution in [0, 0.1) is 0 Å². The van der Waals surface area contributed by atoms with E-state index in [0.29, 0.717) is 28.7 Å². The number of nitrogens with zero attached hydrogens (tertiary/aromatic N) is 7. The van der Waals surface area contributed by atoms with E-state index in [1.807, 2.05) is 47.3 Å². The molecule has 1 aliphatic heterocycles. The Kier molecular flexibility index (Phi) is 6.57. The number of ether oxygens (including phenoxy) is 1. The maximum atomic E-state index is 13.3. The molecule has 0 bridgehead atoms. The smallest absolute Gasteiger partial charge is 0.278 e. The molecule has 4 aromatic heterocycles. The number of hydrogen-bond acceptors (Lipinski definition) is 8. The van der Waals surface area contributed by atoms with Crippen molar-refractivity contribution in [2.75, 3.05) is 18.4 Å². The van der Waals surface area contributed by atoms with Gasteiger partial charge in [0.1, 0.15) is 11.5 Å². The molecule has 2 N–H and O–H groups in total. The van der Waals surface area contributed by atoms with Gasteiger partial charge in [0.05, 0.1) is 18.3 Å². The lowest BCUT2D eigenvalue weighted by Gasteiger charge is -2.23. The molecule has 39 heavy (non-hydrogen) atoms. The maximum Gasteiger partial charge on any atom is 0.278 e. The highest BCUT2D eigenvalue weighted by atomic mass is 16.5. The molecule has 1 fully saturated rings. The van der Waals surface area contributed by atoms with Crippen LogP contribution in [-0.4, -0.2) is 53.3 Å². The summed E-state index contributed by atoms with van der Waals surface area (Å²) in [5, 5.41) is 12.5. The largest absolute Gasteiger partial charge is 0.474 e. The van der Waals surface area contributed by atoms with Gasteiger partial charge in [-0.05, 0) is 64.0 Å². The number of fused-ring (bicyclic) bond motifs is 2. The number of hydrogen-bond donors (Lipinski definition) is 2. The first kappa shape index (κ1) is 24.8. The number of rotatable bonds is 8. The van der Waals surface area contributed by atoms with Gasteiger partial charge in [0.15, 0.2) is 11.5 Å². The average Bonchev–Trinajstić information content (AvgIpc) is 3.48. The van der Waals surface area contributed by atoms with Gasteiger partial charge < -0.3 is 15.4 Å². The zero-order chi connectivity index (χ0) is 26.9. The van der Waals surface area contributed by atoms with E-state index in [-0.39, 0.29) is 24.2 Å². The van der Waals surface area contributed by atoms with Crippen molar-refractivity contribution < 1.29 is 4.74 Å². The van der Waals surface area contributed by atoms with Crippen molar-refractivity contribution in [1.82, 2.24) is 39.4 Å². The minimum atomic E-state index is -0.217. The van der Waals surface area contributed by atoms with Crippen LogP contribution in [0.4, 0.5) is 11.6 Å². The summed E-state index contributed by atoms with van der Waals surface area (Å²) in [4.78, 5) is 27.2.